The molecule has 0 aliphatic rings. The van der Waals surface area contributed by atoms with Crippen LogP contribution >= 0.6 is 0 Å². The van der Waals surface area contributed by atoms with Gasteiger partial charge in [0.05, 0.1) is 0 Å². The smallest absolute Gasteiger partial charge is 0.333 e. The predicted molar refractivity (Wildman–Crippen MR) is 49.9 cm³/mol. The zero-order valence-corrected chi connectivity index (χ0v) is 7.79. The van der Waals surface area contributed by atoms with Gasteiger partial charge in [-0.15, -0.1) is 0 Å². The maximum absolute atomic E-state index is 10.2. The van der Waals surface area contributed by atoms with Crippen molar-refractivity contribution >= 4 is 10.3 Å². The highest BCUT2D eigenvalue weighted by molar-refractivity contribution is 7.83. The van der Waals surface area contributed by atoms with Crippen LogP contribution in [0.5, 0.6) is 0 Å². The first kappa shape index (κ1) is 12.0. The van der Waals surface area contributed by atoms with Crippen molar-refractivity contribution in [1.82, 2.24) is 10.9 Å². The molecule has 5 N–H and O–H groups in total. The molecule has 74 valence electrons. The van der Waals surface area contributed by atoms with Crippen LogP contribution in [-0.4, -0.2) is 13.0 Å². The van der Waals surface area contributed by atoms with Gasteiger partial charge in [0.25, 0.3) is 0 Å². The lowest BCUT2D eigenvalue weighted by Crippen LogP contribution is -2.21. The molecule has 0 spiro atoms. The molecule has 0 unspecified atom stereocenters. The van der Waals surface area contributed by atoms with E-state index in [1.807, 2.05) is 10.8 Å². The molecule has 1 rings (SSSR count). The molecule has 5 nitrogen and oxygen atoms in total. The lowest BCUT2D eigenvalue weighted by Gasteiger charge is -1.99. The minimum absolute atomic E-state index is 0. The Morgan fingerprint density at radius 1 is 1.23 bits per heavy atom. The first-order valence-corrected chi connectivity index (χ1v) is 4.78. The van der Waals surface area contributed by atoms with E-state index in [1.54, 1.807) is 24.3 Å². The Balaban J connectivity index is 0.00000144. The zero-order chi connectivity index (χ0) is 9.03. The molecule has 0 heterocycles. The summed E-state index contributed by atoms with van der Waals surface area (Å²) in [6.07, 6.45) is 0. The van der Waals surface area contributed by atoms with Crippen LogP contribution in [-0.2, 0) is 16.8 Å². The van der Waals surface area contributed by atoms with E-state index in [2.05, 4.69) is 0 Å². The molecule has 0 amide bonds. The lowest BCUT2D eigenvalue weighted by molar-refractivity contribution is 0.467. The Morgan fingerprint density at radius 2 is 1.77 bits per heavy atom. The van der Waals surface area contributed by atoms with E-state index >= 15 is 0 Å². The number of hydrogen-bond donors (Lipinski definition) is 3. The van der Waals surface area contributed by atoms with Crippen molar-refractivity contribution in [1.29, 1.82) is 0 Å². The van der Waals surface area contributed by atoms with Crippen LogP contribution in [0.3, 0.4) is 0 Å². The van der Waals surface area contributed by atoms with Crippen molar-refractivity contribution < 1.29 is 13.0 Å². The highest BCUT2D eigenvalue weighted by Crippen LogP contribution is 1.97. The number of nitrogens with one attached hydrogen (secondary N) is 1. The fourth-order valence-corrected chi connectivity index (χ4v) is 1.12. The van der Waals surface area contributed by atoms with E-state index in [-0.39, 0.29) is 12.7 Å². The summed E-state index contributed by atoms with van der Waals surface area (Å²) in [5, 5.41) is 0. The summed E-state index contributed by atoms with van der Waals surface area (Å²) < 4.78 is 30.8. The molecule has 0 atom stereocenters. The summed E-state index contributed by atoms with van der Waals surface area (Å²) in [4.78, 5) is 0. The second-order valence-corrected chi connectivity index (χ2v) is 3.52. The van der Waals surface area contributed by atoms with Crippen molar-refractivity contribution in [3.05, 3.63) is 35.9 Å². The Kier molecular flexibility index (Phi) is 4.57. The molecular formula is C7H12N2O3S. The highest BCUT2D eigenvalue weighted by Gasteiger charge is 2.01. The SMILES string of the molecule is N.O=S(=O)(O)NCc1ccccc1. The average Bonchev–Trinajstić information content (AvgIpc) is 2.02. The maximum atomic E-state index is 10.2. The summed E-state index contributed by atoms with van der Waals surface area (Å²) >= 11 is 0. The van der Waals surface area contributed by atoms with Crippen molar-refractivity contribution in [3.63, 3.8) is 0 Å². The van der Waals surface area contributed by atoms with E-state index in [0.717, 1.165) is 5.56 Å². The third-order valence-electron chi connectivity index (χ3n) is 1.30. The molecule has 0 radical (unpaired) electrons. The van der Waals surface area contributed by atoms with E-state index < -0.39 is 10.3 Å². The lowest BCUT2D eigenvalue weighted by atomic mass is 10.2. The van der Waals surface area contributed by atoms with E-state index in [9.17, 15) is 8.42 Å². The first-order chi connectivity index (χ1) is 5.58. The third-order valence-corrected chi connectivity index (χ3v) is 1.81. The van der Waals surface area contributed by atoms with E-state index in [4.69, 9.17) is 4.55 Å². The number of hydrogen-bond acceptors (Lipinski definition) is 3. The Hall–Kier alpha value is -0.950. The van der Waals surface area contributed by atoms with Gasteiger partial charge in [-0.2, -0.15) is 13.1 Å². The van der Waals surface area contributed by atoms with Gasteiger partial charge in [-0.05, 0) is 5.56 Å². The average molecular weight is 204 g/mol. The normalized spacial score (nSPS) is 10.5. The van der Waals surface area contributed by atoms with Gasteiger partial charge in [0.15, 0.2) is 0 Å². The third kappa shape index (κ3) is 5.31. The van der Waals surface area contributed by atoms with Crippen LogP contribution in [0.1, 0.15) is 5.56 Å². The molecule has 0 aromatic heterocycles. The number of rotatable bonds is 3. The molecule has 0 saturated carbocycles. The van der Waals surface area contributed by atoms with Crippen LogP contribution < -0.4 is 10.9 Å². The van der Waals surface area contributed by atoms with Gasteiger partial charge < -0.3 is 6.15 Å². The minimum atomic E-state index is -4.07. The van der Waals surface area contributed by atoms with Crippen molar-refractivity contribution in [2.24, 2.45) is 0 Å². The van der Waals surface area contributed by atoms with Gasteiger partial charge in [0.2, 0.25) is 0 Å². The monoisotopic (exact) mass is 204 g/mol. The fraction of sp³-hybridized carbons (Fsp3) is 0.143. The summed E-state index contributed by atoms with van der Waals surface area (Å²) in [6.45, 7) is 0.111. The molecule has 0 fully saturated rings. The van der Waals surface area contributed by atoms with Crippen LogP contribution in [0.2, 0.25) is 0 Å². The largest absolute Gasteiger partial charge is 0.344 e. The quantitative estimate of drug-likeness (QED) is 0.632. The molecule has 13 heavy (non-hydrogen) atoms. The minimum Gasteiger partial charge on any atom is -0.344 e. The van der Waals surface area contributed by atoms with Crippen LogP contribution in [0.4, 0.5) is 0 Å². The summed E-state index contributed by atoms with van der Waals surface area (Å²) in [5.41, 5.74) is 0.801. The zero-order valence-electron chi connectivity index (χ0n) is 6.97. The first-order valence-electron chi connectivity index (χ1n) is 3.34. The molecule has 0 bridgehead atoms. The molecule has 1 aromatic rings. The van der Waals surface area contributed by atoms with Gasteiger partial charge in [0.1, 0.15) is 0 Å². The Bertz CT molecular complexity index is 336. The van der Waals surface area contributed by atoms with Crippen LogP contribution in [0.25, 0.3) is 0 Å². The Morgan fingerprint density at radius 3 is 2.23 bits per heavy atom. The van der Waals surface area contributed by atoms with Gasteiger partial charge >= 0.3 is 10.3 Å². The Labute approximate surface area is 77.2 Å². The van der Waals surface area contributed by atoms with Crippen molar-refractivity contribution in [2.75, 3.05) is 0 Å². The van der Waals surface area contributed by atoms with E-state index in [0.29, 0.717) is 0 Å². The van der Waals surface area contributed by atoms with Crippen molar-refractivity contribution in [2.45, 2.75) is 6.54 Å². The predicted octanol–water partition coefficient (Wildman–Crippen LogP) is 0.741. The van der Waals surface area contributed by atoms with Crippen molar-refractivity contribution in [3.8, 4) is 0 Å². The maximum Gasteiger partial charge on any atom is 0.333 e. The van der Waals surface area contributed by atoms with Crippen LogP contribution in [0, 0.1) is 0 Å². The molecule has 0 saturated heterocycles. The van der Waals surface area contributed by atoms with Gasteiger partial charge in [-0.25, -0.2) is 0 Å². The van der Waals surface area contributed by atoms with Gasteiger partial charge in [-0.1, -0.05) is 30.3 Å². The second-order valence-electron chi connectivity index (χ2n) is 2.28. The summed E-state index contributed by atoms with van der Waals surface area (Å²) in [6, 6.07) is 8.94. The molecular weight excluding hydrogens is 192 g/mol. The number of benzene rings is 1. The molecule has 1 aromatic carbocycles. The molecule has 0 aliphatic heterocycles. The topological polar surface area (TPSA) is 101 Å². The fourth-order valence-electron chi connectivity index (χ4n) is 0.770. The second kappa shape index (κ2) is 4.93. The van der Waals surface area contributed by atoms with Gasteiger partial charge in [-0.3, -0.25) is 4.55 Å². The van der Waals surface area contributed by atoms with Gasteiger partial charge in [0, 0.05) is 6.54 Å². The summed E-state index contributed by atoms with van der Waals surface area (Å²) in [5.74, 6) is 0. The molecule has 0 aliphatic carbocycles. The molecule has 6 heteroatoms. The highest BCUT2D eigenvalue weighted by atomic mass is 32.2. The summed E-state index contributed by atoms with van der Waals surface area (Å²) in [7, 11) is -4.07. The van der Waals surface area contributed by atoms with E-state index in [1.165, 1.54) is 0 Å². The van der Waals surface area contributed by atoms with Crippen LogP contribution in [0.15, 0.2) is 30.3 Å². The standard InChI is InChI=1S/C7H9NO3S.H3N/c9-12(10,11)8-6-7-4-2-1-3-5-7;/h1-5,8H,6H2,(H,9,10,11);1H3.